The van der Waals surface area contributed by atoms with Crippen molar-refractivity contribution < 1.29 is 9.47 Å². The van der Waals surface area contributed by atoms with Gasteiger partial charge in [-0.25, -0.2) is 0 Å². The standard InChI is InChI=1S/C17H23NO2S/c1-4-14(17-8-7-11-21-17)18-13-9-10-15(19-5-2)16(12-13)20-6-3/h7-12,14,18H,4-6H2,1-3H3. The second-order valence-corrected chi connectivity index (χ2v) is 5.63. The molecule has 1 unspecified atom stereocenters. The van der Waals surface area contributed by atoms with E-state index in [-0.39, 0.29) is 0 Å². The predicted molar refractivity (Wildman–Crippen MR) is 89.8 cm³/mol. The van der Waals surface area contributed by atoms with Gasteiger partial charge in [-0.3, -0.25) is 0 Å². The van der Waals surface area contributed by atoms with Crippen molar-refractivity contribution in [3.05, 3.63) is 40.6 Å². The van der Waals surface area contributed by atoms with Crippen LogP contribution in [0.4, 0.5) is 5.69 Å². The Morgan fingerprint density at radius 3 is 2.43 bits per heavy atom. The summed E-state index contributed by atoms with van der Waals surface area (Å²) in [7, 11) is 0. The smallest absolute Gasteiger partial charge is 0.163 e. The Balaban J connectivity index is 2.17. The van der Waals surface area contributed by atoms with Gasteiger partial charge in [0.25, 0.3) is 0 Å². The zero-order chi connectivity index (χ0) is 15.1. The van der Waals surface area contributed by atoms with E-state index in [0.717, 1.165) is 23.6 Å². The van der Waals surface area contributed by atoms with Crippen LogP contribution in [0.25, 0.3) is 0 Å². The fourth-order valence-corrected chi connectivity index (χ4v) is 3.07. The van der Waals surface area contributed by atoms with Crippen LogP contribution in [0.3, 0.4) is 0 Å². The molecule has 0 aliphatic heterocycles. The van der Waals surface area contributed by atoms with Crippen molar-refractivity contribution in [3.8, 4) is 11.5 Å². The van der Waals surface area contributed by atoms with Gasteiger partial charge in [0.15, 0.2) is 11.5 Å². The van der Waals surface area contributed by atoms with Crippen LogP contribution in [0.1, 0.15) is 38.1 Å². The molecule has 0 saturated heterocycles. The third-order valence-electron chi connectivity index (χ3n) is 3.18. The minimum atomic E-state index is 0.331. The Hall–Kier alpha value is -1.68. The van der Waals surface area contributed by atoms with Crippen LogP contribution in [0, 0.1) is 0 Å². The zero-order valence-corrected chi connectivity index (χ0v) is 13.7. The largest absolute Gasteiger partial charge is 0.490 e. The van der Waals surface area contributed by atoms with E-state index in [4.69, 9.17) is 9.47 Å². The molecular formula is C17H23NO2S. The van der Waals surface area contributed by atoms with E-state index in [2.05, 4.69) is 29.8 Å². The molecule has 2 rings (SSSR count). The van der Waals surface area contributed by atoms with Crippen LogP contribution in [0.15, 0.2) is 35.7 Å². The molecule has 0 spiro atoms. The summed E-state index contributed by atoms with van der Waals surface area (Å²) in [5.41, 5.74) is 1.06. The van der Waals surface area contributed by atoms with Crippen molar-refractivity contribution in [2.75, 3.05) is 18.5 Å². The number of thiophene rings is 1. The summed E-state index contributed by atoms with van der Waals surface area (Å²) in [4.78, 5) is 1.35. The highest BCUT2D eigenvalue weighted by atomic mass is 32.1. The number of benzene rings is 1. The molecule has 1 heterocycles. The van der Waals surface area contributed by atoms with Gasteiger partial charge >= 0.3 is 0 Å². The summed E-state index contributed by atoms with van der Waals surface area (Å²) in [5.74, 6) is 1.60. The number of hydrogen-bond acceptors (Lipinski definition) is 4. The maximum Gasteiger partial charge on any atom is 0.163 e. The van der Waals surface area contributed by atoms with E-state index in [1.807, 2.05) is 32.0 Å². The van der Waals surface area contributed by atoms with Crippen LogP contribution in [0.2, 0.25) is 0 Å². The van der Waals surface area contributed by atoms with Crippen molar-refractivity contribution in [1.29, 1.82) is 0 Å². The average molecular weight is 305 g/mol. The van der Waals surface area contributed by atoms with E-state index in [0.29, 0.717) is 19.3 Å². The molecule has 3 nitrogen and oxygen atoms in total. The number of hydrogen-bond donors (Lipinski definition) is 1. The Bertz CT molecular complexity index is 540. The lowest BCUT2D eigenvalue weighted by Gasteiger charge is -2.19. The summed E-state index contributed by atoms with van der Waals surface area (Å²) < 4.78 is 11.3. The molecule has 21 heavy (non-hydrogen) atoms. The molecule has 2 aromatic rings. The Morgan fingerprint density at radius 2 is 1.81 bits per heavy atom. The van der Waals surface area contributed by atoms with E-state index in [9.17, 15) is 0 Å². The Kier molecular flexibility index (Phi) is 5.93. The molecule has 0 radical (unpaired) electrons. The first kappa shape index (κ1) is 15.7. The molecule has 0 bridgehead atoms. The molecule has 0 saturated carbocycles. The summed E-state index contributed by atoms with van der Waals surface area (Å²) in [6.45, 7) is 7.42. The number of rotatable bonds is 8. The van der Waals surface area contributed by atoms with Crippen molar-refractivity contribution in [2.45, 2.75) is 33.2 Å². The first-order valence-corrected chi connectivity index (χ1v) is 8.36. The molecule has 0 amide bonds. The topological polar surface area (TPSA) is 30.5 Å². The monoisotopic (exact) mass is 305 g/mol. The molecule has 0 aliphatic rings. The molecule has 0 fully saturated rings. The summed E-state index contributed by atoms with van der Waals surface area (Å²) in [6, 6.07) is 10.6. The maximum atomic E-state index is 5.67. The molecular weight excluding hydrogens is 282 g/mol. The van der Waals surface area contributed by atoms with Crippen LogP contribution < -0.4 is 14.8 Å². The fraction of sp³-hybridized carbons (Fsp3) is 0.412. The summed E-state index contributed by atoms with van der Waals surface area (Å²) >= 11 is 1.78. The summed E-state index contributed by atoms with van der Waals surface area (Å²) in [5, 5.41) is 5.69. The summed E-state index contributed by atoms with van der Waals surface area (Å²) in [6.07, 6.45) is 1.04. The van der Waals surface area contributed by atoms with Gasteiger partial charge in [-0.1, -0.05) is 13.0 Å². The lowest BCUT2D eigenvalue weighted by atomic mass is 10.1. The second-order valence-electron chi connectivity index (χ2n) is 4.65. The number of anilines is 1. The van der Waals surface area contributed by atoms with E-state index < -0.39 is 0 Å². The van der Waals surface area contributed by atoms with Gasteiger partial charge in [0, 0.05) is 16.6 Å². The van der Waals surface area contributed by atoms with Crippen molar-refractivity contribution in [1.82, 2.24) is 0 Å². The van der Waals surface area contributed by atoms with Crippen LogP contribution in [-0.4, -0.2) is 13.2 Å². The minimum Gasteiger partial charge on any atom is -0.490 e. The van der Waals surface area contributed by atoms with Crippen LogP contribution in [-0.2, 0) is 0 Å². The van der Waals surface area contributed by atoms with E-state index in [1.165, 1.54) is 4.88 Å². The Morgan fingerprint density at radius 1 is 1.05 bits per heavy atom. The van der Waals surface area contributed by atoms with Gasteiger partial charge < -0.3 is 14.8 Å². The average Bonchev–Trinajstić information content (AvgIpc) is 3.02. The highest BCUT2D eigenvalue weighted by Gasteiger charge is 2.12. The van der Waals surface area contributed by atoms with Gasteiger partial charge in [-0.15, -0.1) is 11.3 Å². The quantitative estimate of drug-likeness (QED) is 0.735. The van der Waals surface area contributed by atoms with Gasteiger partial charge in [0.1, 0.15) is 0 Å². The van der Waals surface area contributed by atoms with Gasteiger partial charge in [-0.05, 0) is 43.8 Å². The maximum absolute atomic E-state index is 5.67. The lowest BCUT2D eigenvalue weighted by Crippen LogP contribution is -2.08. The third kappa shape index (κ3) is 4.14. The third-order valence-corrected chi connectivity index (χ3v) is 4.17. The number of ether oxygens (including phenoxy) is 2. The zero-order valence-electron chi connectivity index (χ0n) is 12.9. The second kappa shape index (κ2) is 7.93. The predicted octanol–water partition coefficient (Wildman–Crippen LogP) is 5.11. The highest BCUT2D eigenvalue weighted by molar-refractivity contribution is 7.10. The van der Waals surface area contributed by atoms with Gasteiger partial charge in [0.05, 0.1) is 19.3 Å². The van der Waals surface area contributed by atoms with Gasteiger partial charge in [-0.2, -0.15) is 0 Å². The molecule has 114 valence electrons. The number of nitrogens with one attached hydrogen (secondary N) is 1. The first-order chi connectivity index (χ1) is 10.3. The first-order valence-electron chi connectivity index (χ1n) is 7.48. The molecule has 0 aliphatic carbocycles. The fourth-order valence-electron chi connectivity index (χ4n) is 2.21. The molecule has 1 atom stereocenters. The van der Waals surface area contributed by atoms with Gasteiger partial charge in [0.2, 0.25) is 0 Å². The minimum absolute atomic E-state index is 0.331. The van der Waals surface area contributed by atoms with E-state index in [1.54, 1.807) is 11.3 Å². The normalized spacial score (nSPS) is 12.0. The molecule has 1 aromatic heterocycles. The lowest BCUT2D eigenvalue weighted by molar-refractivity contribution is 0.288. The van der Waals surface area contributed by atoms with Crippen LogP contribution >= 0.6 is 11.3 Å². The van der Waals surface area contributed by atoms with Crippen molar-refractivity contribution in [2.24, 2.45) is 0 Å². The Labute approximate surface area is 130 Å². The molecule has 4 heteroatoms. The van der Waals surface area contributed by atoms with E-state index >= 15 is 0 Å². The molecule has 1 N–H and O–H groups in total. The van der Waals surface area contributed by atoms with Crippen LogP contribution in [0.5, 0.6) is 11.5 Å². The molecule has 1 aromatic carbocycles. The SMILES string of the molecule is CCOc1ccc(NC(CC)c2cccs2)cc1OCC. The highest BCUT2D eigenvalue weighted by Crippen LogP contribution is 2.33. The van der Waals surface area contributed by atoms with Crippen molar-refractivity contribution >= 4 is 17.0 Å². The van der Waals surface area contributed by atoms with Crippen molar-refractivity contribution in [3.63, 3.8) is 0 Å².